The summed E-state index contributed by atoms with van der Waals surface area (Å²) in [5.41, 5.74) is 1.57. The van der Waals surface area contributed by atoms with Crippen LogP contribution < -0.4 is 15.4 Å². The van der Waals surface area contributed by atoms with Crippen LogP contribution in [0.2, 0.25) is 0 Å². The van der Waals surface area contributed by atoms with Crippen molar-refractivity contribution in [2.24, 2.45) is 0 Å². The highest BCUT2D eigenvalue weighted by Gasteiger charge is 2.26. The molecule has 0 spiro atoms. The molecule has 1 amide bonds. The third-order valence-corrected chi connectivity index (χ3v) is 3.12. The van der Waals surface area contributed by atoms with Crippen LogP contribution in [0.5, 0.6) is 5.75 Å². The number of aliphatic hydroxyl groups is 1. The Bertz CT molecular complexity index is 458. The summed E-state index contributed by atoms with van der Waals surface area (Å²) in [6, 6.07) is 5.74. The van der Waals surface area contributed by atoms with Gasteiger partial charge >= 0.3 is 0 Å². The maximum atomic E-state index is 11.1. The molecule has 0 bridgehead atoms. The van der Waals surface area contributed by atoms with Gasteiger partial charge < -0.3 is 20.5 Å². The van der Waals surface area contributed by atoms with Crippen LogP contribution in [-0.2, 0) is 4.79 Å². The first kappa shape index (κ1) is 13.8. The van der Waals surface area contributed by atoms with Gasteiger partial charge in [0, 0.05) is 24.2 Å². The monoisotopic (exact) mass is 264 g/mol. The topological polar surface area (TPSA) is 70.6 Å². The standard InChI is InChI=1S/C14H20N2O3/c1-9(18)15-11-5-6-14(19-2)12(7-11)13(8-17)16-10-3-4-10/h5-7,10,13,16-17H,3-4,8H2,1-2H3,(H,15,18). The van der Waals surface area contributed by atoms with Crippen molar-refractivity contribution in [3.63, 3.8) is 0 Å². The first-order chi connectivity index (χ1) is 9.13. The molecule has 2 rings (SSSR count). The second-order valence-corrected chi connectivity index (χ2v) is 4.81. The molecule has 0 heterocycles. The summed E-state index contributed by atoms with van der Waals surface area (Å²) in [5, 5.41) is 15.7. The lowest BCUT2D eigenvalue weighted by molar-refractivity contribution is -0.114. The minimum atomic E-state index is -0.170. The Morgan fingerprint density at radius 1 is 1.53 bits per heavy atom. The number of anilines is 1. The molecule has 1 fully saturated rings. The van der Waals surface area contributed by atoms with E-state index < -0.39 is 0 Å². The molecule has 1 aliphatic carbocycles. The SMILES string of the molecule is COc1ccc(NC(C)=O)cc1C(CO)NC1CC1. The van der Waals surface area contributed by atoms with Gasteiger partial charge in [0.15, 0.2) is 0 Å². The van der Waals surface area contributed by atoms with E-state index in [1.807, 2.05) is 6.07 Å². The number of hydrogen-bond donors (Lipinski definition) is 3. The van der Waals surface area contributed by atoms with Crippen LogP contribution in [0.4, 0.5) is 5.69 Å². The van der Waals surface area contributed by atoms with Crippen molar-refractivity contribution in [1.82, 2.24) is 5.32 Å². The van der Waals surface area contributed by atoms with E-state index >= 15 is 0 Å². The van der Waals surface area contributed by atoms with E-state index in [0.717, 1.165) is 18.4 Å². The van der Waals surface area contributed by atoms with E-state index in [0.29, 0.717) is 17.5 Å². The van der Waals surface area contributed by atoms with Gasteiger partial charge in [0.05, 0.1) is 19.8 Å². The largest absolute Gasteiger partial charge is 0.496 e. The number of benzene rings is 1. The van der Waals surface area contributed by atoms with Crippen molar-refractivity contribution in [1.29, 1.82) is 0 Å². The molecule has 0 aliphatic heterocycles. The first-order valence-electron chi connectivity index (χ1n) is 6.46. The number of ether oxygens (including phenoxy) is 1. The molecular weight excluding hydrogens is 244 g/mol. The second kappa shape index (κ2) is 6.04. The van der Waals surface area contributed by atoms with Gasteiger partial charge in [0.2, 0.25) is 5.91 Å². The highest BCUT2D eigenvalue weighted by molar-refractivity contribution is 5.88. The van der Waals surface area contributed by atoms with Crippen LogP contribution in [0, 0.1) is 0 Å². The molecule has 0 aromatic heterocycles. The van der Waals surface area contributed by atoms with Crippen LogP contribution in [0.15, 0.2) is 18.2 Å². The normalized spacial score (nSPS) is 15.9. The number of methoxy groups -OCH3 is 1. The Labute approximate surface area is 113 Å². The molecule has 3 N–H and O–H groups in total. The van der Waals surface area contributed by atoms with Crippen molar-refractivity contribution in [3.8, 4) is 5.75 Å². The van der Waals surface area contributed by atoms with E-state index in [1.54, 1.807) is 19.2 Å². The van der Waals surface area contributed by atoms with Crippen LogP contribution in [-0.4, -0.2) is 30.8 Å². The quantitative estimate of drug-likeness (QED) is 0.727. The lowest BCUT2D eigenvalue weighted by Gasteiger charge is -2.20. The van der Waals surface area contributed by atoms with Gasteiger partial charge in [-0.05, 0) is 31.0 Å². The van der Waals surface area contributed by atoms with Crippen LogP contribution in [0.3, 0.4) is 0 Å². The number of rotatable bonds is 6. The average molecular weight is 264 g/mol. The smallest absolute Gasteiger partial charge is 0.221 e. The molecule has 1 unspecified atom stereocenters. The molecule has 0 radical (unpaired) electrons. The van der Waals surface area contributed by atoms with E-state index in [-0.39, 0.29) is 18.6 Å². The maximum absolute atomic E-state index is 11.1. The van der Waals surface area contributed by atoms with Crippen molar-refractivity contribution >= 4 is 11.6 Å². The van der Waals surface area contributed by atoms with Crippen LogP contribution >= 0.6 is 0 Å². The Kier molecular flexibility index (Phi) is 4.39. The second-order valence-electron chi connectivity index (χ2n) is 4.81. The maximum Gasteiger partial charge on any atom is 0.221 e. The Balaban J connectivity index is 2.24. The van der Waals surface area contributed by atoms with Gasteiger partial charge in [-0.1, -0.05) is 0 Å². The van der Waals surface area contributed by atoms with E-state index in [1.165, 1.54) is 6.92 Å². The van der Waals surface area contributed by atoms with E-state index in [2.05, 4.69) is 10.6 Å². The molecule has 1 atom stereocenters. The lowest BCUT2D eigenvalue weighted by atomic mass is 10.0. The van der Waals surface area contributed by atoms with Gasteiger partial charge in [-0.25, -0.2) is 0 Å². The molecule has 1 saturated carbocycles. The molecule has 104 valence electrons. The highest BCUT2D eigenvalue weighted by Crippen LogP contribution is 2.31. The first-order valence-corrected chi connectivity index (χ1v) is 6.46. The molecule has 5 heteroatoms. The van der Waals surface area contributed by atoms with Crippen molar-refractivity contribution in [2.75, 3.05) is 19.0 Å². The summed E-state index contributed by atoms with van der Waals surface area (Å²) < 4.78 is 5.33. The lowest BCUT2D eigenvalue weighted by Crippen LogP contribution is -2.26. The van der Waals surface area contributed by atoms with E-state index in [4.69, 9.17) is 4.74 Å². The van der Waals surface area contributed by atoms with Gasteiger partial charge in [-0.2, -0.15) is 0 Å². The number of aliphatic hydroxyl groups excluding tert-OH is 1. The van der Waals surface area contributed by atoms with Gasteiger partial charge in [0.1, 0.15) is 5.75 Å². The minimum Gasteiger partial charge on any atom is -0.496 e. The number of nitrogens with one attached hydrogen (secondary N) is 2. The fourth-order valence-electron chi connectivity index (χ4n) is 2.06. The fourth-order valence-corrected chi connectivity index (χ4v) is 2.06. The Hall–Kier alpha value is -1.59. The van der Waals surface area contributed by atoms with Crippen LogP contribution in [0.1, 0.15) is 31.4 Å². The number of carbonyl (C=O) groups excluding carboxylic acids is 1. The van der Waals surface area contributed by atoms with Crippen LogP contribution in [0.25, 0.3) is 0 Å². The summed E-state index contributed by atoms with van der Waals surface area (Å²) in [5.74, 6) is 0.591. The third kappa shape index (κ3) is 3.68. The zero-order valence-corrected chi connectivity index (χ0v) is 11.3. The van der Waals surface area contributed by atoms with Crippen molar-refractivity contribution in [3.05, 3.63) is 23.8 Å². The fraction of sp³-hybridized carbons (Fsp3) is 0.500. The molecule has 1 aliphatic rings. The van der Waals surface area contributed by atoms with Crippen molar-refractivity contribution < 1.29 is 14.6 Å². The summed E-state index contributed by atoms with van der Waals surface area (Å²) in [6.07, 6.45) is 2.29. The zero-order chi connectivity index (χ0) is 13.8. The molecule has 1 aromatic carbocycles. The molecule has 1 aromatic rings. The zero-order valence-electron chi connectivity index (χ0n) is 11.3. The number of carbonyl (C=O) groups is 1. The molecule has 5 nitrogen and oxygen atoms in total. The number of hydrogen-bond acceptors (Lipinski definition) is 4. The van der Waals surface area contributed by atoms with Gasteiger partial charge in [0.25, 0.3) is 0 Å². The minimum absolute atomic E-state index is 0.00359. The molecule has 19 heavy (non-hydrogen) atoms. The highest BCUT2D eigenvalue weighted by atomic mass is 16.5. The predicted molar refractivity (Wildman–Crippen MR) is 73.3 cm³/mol. The van der Waals surface area contributed by atoms with Gasteiger partial charge in [-0.3, -0.25) is 4.79 Å². The molecule has 0 saturated heterocycles. The van der Waals surface area contributed by atoms with E-state index in [9.17, 15) is 9.90 Å². The number of amides is 1. The summed E-state index contributed by atoms with van der Waals surface area (Å²) >= 11 is 0. The summed E-state index contributed by atoms with van der Waals surface area (Å²) in [4.78, 5) is 11.1. The third-order valence-electron chi connectivity index (χ3n) is 3.12. The Morgan fingerprint density at radius 2 is 2.26 bits per heavy atom. The molecular formula is C14H20N2O3. The Morgan fingerprint density at radius 3 is 2.79 bits per heavy atom. The van der Waals surface area contributed by atoms with Gasteiger partial charge in [-0.15, -0.1) is 0 Å². The van der Waals surface area contributed by atoms with Crippen molar-refractivity contribution in [2.45, 2.75) is 31.8 Å². The average Bonchev–Trinajstić information content (AvgIpc) is 3.19. The summed E-state index contributed by atoms with van der Waals surface area (Å²) in [7, 11) is 1.60. The summed E-state index contributed by atoms with van der Waals surface area (Å²) in [6.45, 7) is 1.46. The predicted octanol–water partition coefficient (Wildman–Crippen LogP) is 1.44.